The number of aromatic nitrogens is 1. The Morgan fingerprint density at radius 1 is 1.06 bits per heavy atom. The van der Waals surface area contributed by atoms with Crippen LogP contribution in [0.3, 0.4) is 0 Å². The highest BCUT2D eigenvalue weighted by atomic mass is 16.7. The van der Waals surface area contributed by atoms with Gasteiger partial charge in [-0.25, -0.2) is 9.86 Å². The fourth-order valence-electron chi connectivity index (χ4n) is 3.62. The van der Waals surface area contributed by atoms with E-state index in [4.69, 9.17) is 19.0 Å². The third-order valence-electron chi connectivity index (χ3n) is 5.51. The van der Waals surface area contributed by atoms with Crippen LogP contribution in [0, 0.1) is 0 Å². The minimum absolute atomic E-state index is 0.229. The van der Waals surface area contributed by atoms with Gasteiger partial charge in [-0.2, -0.15) is 4.98 Å². The lowest BCUT2D eigenvalue weighted by Gasteiger charge is -2.36. The van der Waals surface area contributed by atoms with Gasteiger partial charge in [0.1, 0.15) is 23.8 Å². The predicted octanol–water partition coefficient (Wildman–Crippen LogP) is 3.75. The Hall–Kier alpha value is -3.53. The maximum Gasteiger partial charge on any atom is 0.410 e. The number of anilines is 1. The van der Waals surface area contributed by atoms with Crippen molar-refractivity contribution in [1.29, 1.82) is 0 Å². The second-order valence-electron chi connectivity index (χ2n) is 9.32. The maximum absolute atomic E-state index is 12.4. The van der Waals surface area contributed by atoms with Gasteiger partial charge in [-0.3, -0.25) is 9.63 Å². The molecule has 0 N–H and O–H groups in total. The Bertz CT molecular complexity index is 1050. The second-order valence-corrected chi connectivity index (χ2v) is 9.32. The van der Waals surface area contributed by atoms with E-state index in [9.17, 15) is 9.59 Å². The van der Waals surface area contributed by atoms with Gasteiger partial charge in [0.2, 0.25) is 5.88 Å². The molecule has 0 atom stereocenters. The molecule has 10 nitrogen and oxygen atoms in total. The largest absolute Gasteiger partial charge is 0.493 e. The molecule has 1 saturated heterocycles. The number of pyridine rings is 1. The number of carbonyl (C=O) groups is 2. The molecule has 10 heteroatoms. The van der Waals surface area contributed by atoms with Gasteiger partial charge in [0.05, 0.1) is 13.7 Å². The molecule has 3 rings (SSSR count). The lowest BCUT2D eigenvalue weighted by Crippen LogP contribution is -2.50. The van der Waals surface area contributed by atoms with Crippen molar-refractivity contribution in [3.8, 4) is 11.6 Å². The Kier molecular flexibility index (Phi) is 8.98. The van der Waals surface area contributed by atoms with Gasteiger partial charge in [0, 0.05) is 50.4 Å². The fourth-order valence-corrected chi connectivity index (χ4v) is 3.62. The van der Waals surface area contributed by atoms with Crippen LogP contribution in [0.1, 0.15) is 43.6 Å². The first-order valence-electron chi connectivity index (χ1n) is 12.0. The summed E-state index contributed by atoms with van der Waals surface area (Å²) in [6.07, 6.45) is -0.293. The van der Waals surface area contributed by atoms with Gasteiger partial charge in [-0.15, -0.1) is 0 Å². The van der Waals surface area contributed by atoms with Crippen molar-refractivity contribution in [2.45, 2.75) is 39.9 Å². The van der Waals surface area contributed by atoms with E-state index in [1.807, 2.05) is 45.9 Å². The summed E-state index contributed by atoms with van der Waals surface area (Å²) in [6.45, 7) is 10.6. The summed E-state index contributed by atoms with van der Waals surface area (Å²) in [5, 5.41) is 1.16. The van der Waals surface area contributed by atoms with Crippen molar-refractivity contribution >= 4 is 17.8 Å². The first-order chi connectivity index (χ1) is 17.1. The van der Waals surface area contributed by atoms with Gasteiger partial charge in [0.15, 0.2) is 0 Å². The standard InChI is InChI=1S/C26H36N4O6/c1-7-34-21-17-19(24(31)28(5)33-6)11-12-20(21)18-35-23-10-8-9-22(27-23)29-13-15-30(16-14-29)25(32)36-26(2,3)4/h8-12,17H,7,13-16,18H2,1-6H3. The SMILES string of the molecule is CCOc1cc(C(=O)N(C)OC)ccc1COc1cccc(N2CCN(C(=O)OC(C)(C)C)CC2)n1. The van der Waals surface area contributed by atoms with Crippen LogP contribution in [-0.2, 0) is 16.2 Å². The van der Waals surface area contributed by atoms with Gasteiger partial charge >= 0.3 is 6.09 Å². The van der Waals surface area contributed by atoms with Gasteiger partial charge in [-0.05, 0) is 45.9 Å². The lowest BCUT2D eigenvalue weighted by atomic mass is 10.1. The van der Waals surface area contributed by atoms with E-state index in [0.717, 1.165) is 16.4 Å². The quantitative estimate of drug-likeness (QED) is 0.506. The minimum atomic E-state index is -0.514. The number of hydrogen-bond acceptors (Lipinski definition) is 8. The van der Waals surface area contributed by atoms with Crippen LogP contribution in [0.2, 0.25) is 0 Å². The first kappa shape index (κ1) is 27.1. The molecule has 0 aliphatic carbocycles. The zero-order valence-corrected chi connectivity index (χ0v) is 21.9. The maximum atomic E-state index is 12.4. The minimum Gasteiger partial charge on any atom is -0.493 e. The molecule has 2 amide bonds. The van der Waals surface area contributed by atoms with Crippen molar-refractivity contribution in [2.24, 2.45) is 0 Å². The van der Waals surface area contributed by atoms with E-state index in [1.165, 1.54) is 7.11 Å². The predicted molar refractivity (Wildman–Crippen MR) is 135 cm³/mol. The molecule has 0 saturated carbocycles. The summed E-state index contributed by atoms with van der Waals surface area (Å²) in [5.41, 5.74) is 0.739. The van der Waals surface area contributed by atoms with Crippen LogP contribution in [0.4, 0.5) is 10.6 Å². The van der Waals surface area contributed by atoms with Crippen molar-refractivity contribution in [1.82, 2.24) is 14.9 Å². The zero-order chi connectivity index (χ0) is 26.3. The van der Waals surface area contributed by atoms with E-state index in [1.54, 1.807) is 30.1 Å². The number of amides is 2. The summed E-state index contributed by atoms with van der Waals surface area (Å²) in [6, 6.07) is 10.8. The number of carbonyl (C=O) groups excluding carboxylic acids is 2. The van der Waals surface area contributed by atoms with E-state index >= 15 is 0 Å². The number of nitrogens with zero attached hydrogens (tertiary/aromatic N) is 4. The topological polar surface area (TPSA) is 93.7 Å². The van der Waals surface area contributed by atoms with Crippen LogP contribution in [0.25, 0.3) is 0 Å². The van der Waals surface area contributed by atoms with Crippen LogP contribution < -0.4 is 14.4 Å². The summed E-state index contributed by atoms with van der Waals surface area (Å²) < 4.78 is 17.2. The summed E-state index contributed by atoms with van der Waals surface area (Å²) in [4.78, 5) is 38.2. The molecule has 1 fully saturated rings. The number of ether oxygens (including phenoxy) is 3. The molecule has 0 radical (unpaired) electrons. The lowest BCUT2D eigenvalue weighted by molar-refractivity contribution is -0.0757. The molecule has 1 aliphatic heterocycles. The summed E-state index contributed by atoms with van der Waals surface area (Å²) in [5.74, 6) is 1.56. The number of hydrogen-bond donors (Lipinski definition) is 0. The molecule has 36 heavy (non-hydrogen) atoms. The smallest absolute Gasteiger partial charge is 0.410 e. The van der Waals surface area contributed by atoms with Gasteiger partial charge in [0.25, 0.3) is 5.91 Å². The average molecular weight is 501 g/mol. The van der Waals surface area contributed by atoms with Crippen molar-refractivity contribution in [2.75, 3.05) is 51.8 Å². The monoisotopic (exact) mass is 500 g/mol. The van der Waals surface area contributed by atoms with E-state index in [2.05, 4.69) is 9.88 Å². The first-order valence-corrected chi connectivity index (χ1v) is 12.0. The third-order valence-corrected chi connectivity index (χ3v) is 5.51. The van der Waals surface area contributed by atoms with Crippen LogP contribution >= 0.6 is 0 Å². The van der Waals surface area contributed by atoms with Gasteiger partial charge < -0.3 is 24.0 Å². The highest BCUT2D eigenvalue weighted by molar-refractivity contribution is 5.93. The van der Waals surface area contributed by atoms with Crippen LogP contribution in [0.5, 0.6) is 11.6 Å². The molecule has 0 spiro atoms. The molecule has 2 heterocycles. The second kappa shape index (κ2) is 11.9. The Labute approximate surface area is 212 Å². The molecule has 0 bridgehead atoms. The molecule has 196 valence electrons. The van der Waals surface area contributed by atoms with E-state index < -0.39 is 5.60 Å². The highest BCUT2D eigenvalue weighted by Crippen LogP contribution is 2.24. The molecular formula is C26H36N4O6. The van der Waals surface area contributed by atoms with E-state index in [-0.39, 0.29) is 18.6 Å². The van der Waals surface area contributed by atoms with Crippen LogP contribution in [0.15, 0.2) is 36.4 Å². The van der Waals surface area contributed by atoms with Gasteiger partial charge in [-0.1, -0.05) is 12.1 Å². The Balaban J connectivity index is 1.63. The molecule has 1 aromatic carbocycles. The molecule has 1 aromatic heterocycles. The fraction of sp³-hybridized carbons (Fsp3) is 0.500. The highest BCUT2D eigenvalue weighted by Gasteiger charge is 2.26. The van der Waals surface area contributed by atoms with Crippen molar-refractivity contribution in [3.05, 3.63) is 47.5 Å². The number of hydroxylamine groups is 2. The summed E-state index contributed by atoms with van der Waals surface area (Å²) in [7, 11) is 2.99. The van der Waals surface area contributed by atoms with E-state index in [0.29, 0.717) is 50.0 Å². The molecular weight excluding hydrogens is 464 g/mol. The zero-order valence-electron chi connectivity index (χ0n) is 21.9. The number of piperazine rings is 1. The molecule has 2 aromatic rings. The summed E-state index contributed by atoms with van der Waals surface area (Å²) >= 11 is 0. The average Bonchev–Trinajstić information content (AvgIpc) is 2.86. The van der Waals surface area contributed by atoms with Crippen molar-refractivity contribution in [3.63, 3.8) is 0 Å². The molecule has 1 aliphatic rings. The Morgan fingerprint density at radius 3 is 2.42 bits per heavy atom. The van der Waals surface area contributed by atoms with Crippen LogP contribution in [-0.4, -0.2) is 79.5 Å². The molecule has 0 unspecified atom stereocenters. The third kappa shape index (κ3) is 7.24. The Morgan fingerprint density at radius 2 is 1.78 bits per heavy atom. The number of benzene rings is 1. The van der Waals surface area contributed by atoms with Crippen molar-refractivity contribution < 1.29 is 28.6 Å². The number of rotatable bonds is 8. The normalized spacial score (nSPS) is 13.8.